The lowest BCUT2D eigenvalue weighted by molar-refractivity contribution is -0.120. The predicted molar refractivity (Wildman–Crippen MR) is 82.5 cm³/mol. The maximum atomic E-state index is 11.9. The Hall–Kier alpha value is -0.413. The highest BCUT2D eigenvalue weighted by atomic mass is 28.3. The van der Waals surface area contributed by atoms with Crippen LogP contribution in [0.1, 0.15) is 53.9 Å². The summed E-state index contributed by atoms with van der Waals surface area (Å²) < 4.78 is 6.43. The van der Waals surface area contributed by atoms with Gasteiger partial charge in [0.2, 0.25) is 9.04 Å². The van der Waals surface area contributed by atoms with Crippen LogP contribution >= 0.6 is 0 Å². The molecule has 0 aliphatic heterocycles. The Morgan fingerprint density at radius 2 is 1.89 bits per heavy atom. The molecule has 0 N–H and O–H groups in total. The summed E-state index contributed by atoms with van der Waals surface area (Å²) in [5, 5.41) is 0. The van der Waals surface area contributed by atoms with E-state index in [1.165, 1.54) is 6.42 Å². The van der Waals surface area contributed by atoms with E-state index in [0.29, 0.717) is 29.8 Å². The van der Waals surface area contributed by atoms with Crippen molar-refractivity contribution in [2.24, 2.45) is 11.8 Å². The third kappa shape index (κ3) is 5.23. The van der Waals surface area contributed by atoms with E-state index >= 15 is 0 Å². The maximum Gasteiger partial charge on any atom is 0.217 e. The Labute approximate surface area is 120 Å². The van der Waals surface area contributed by atoms with Crippen LogP contribution in [0.25, 0.3) is 0 Å². The lowest BCUT2D eigenvalue weighted by Gasteiger charge is -2.28. The first kappa shape index (κ1) is 16.6. The third-order valence-electron chi connectivity index (χ3n) is 3.88. The van der Waals surface area contributed by atoms with Crippen molar-refractivity contribution in [1.29, 1.82) is 0 Å². The normalized spacial score (nSPS) is 24.0. The first-order chi connectivity index (χ1) is 8.86. The summed E-state index contributed by atoms with van der Waals surface area (Å²) in [4.78, 5) is 11.9. The van der Waals surface area contributed by atoms with Gasteiger partial charge in [-0.15, -0.1) is 6.58 Å². The molecule has 1 aliphatic rings. The largest absolute Gasteiger partial charge is 0.412 e. The molecule has 0 amide bonds. The number of allylic oxidation sites excluding steroid dienone is 1. The zero-order valence-electron chi connectivity index (χ0n) is 13.1. The molecule has 0 spiro atoms. The summed E-state index contributed by atoms with van der Waals surface area (Å²) in [6, 6.07) is 0. The Bertz CT molecular complexity index is 304. The summed E-state index contributed by atoms with van der Waals surface area (Å²) in [7, 11) is -0.843. The zero-order chi connectivity index (χ0) is 14.6. The average molecular weight is 281 g/mol. The summed E-state index contributed by atoms with van der Waals surface area (Å²) >= 11 is 0. The van der Waals surface area contributed by atoms with Crippen LogP contribution in [-0.2, 0) is 9.22 Å². The fourth-order valence-electron chi connectivity index (χ4n) is 2.73. The molecule has 1 rings (SSSR count). The molecule has 0 aromatic heterocycles. The van der Waals surface area contributed by atoms with Gasteiger partial charge in [0, 0.05) is 12.8 Å². The quantitative estimate of drug-likeness (QED) is 0.463. The van der Waals surface area contributed by atoms with Gasteiger partial charge in [0.25, 0.3) is 0 Å². The second kappa shape index (κ2) is 7.39. The minimum Gasteiger partial charge on any atom is -0.412 e. The molecule has 0 bridgehead atoms. The monoisotopic (exact) mass is 281 g/mol. The lowest BCUT2D eigenvalue weighted by Crippen LogP contribution is -2.34. The Balaban J connectivity index is 2.63. The molecule has 0 heterocycles. The number of Topliss-reactive ketones (excluding diaryl/α,β-unsaturated/α-hetero) is 1. The van der Waals surface area contributed by atoms with Crippen LogP contribution in [0.4, 0.5) is 0 Å². The summed E-state index contributed by atoms with van der Waals surface area (Å²) in [6.07, 6.45) is 4.13. The topological polar surface area (TPSA) is 26.3 Å². The van der Waals surface area contributed by atoms with Crippen LogP contribution in [0.3, 0.4) is 0 Å². The molecular weight excluding hydrogens is 252 g/mol. The molecule has 1 aliphatic carbocycles. The van der Waals surface area contributed by atoms with E-state index in [2.05, 4.69) is 41.2 Å². The van der Waals surface area contributed by atoms with Crippen LogP contribution in [-0.4, -0.2) is 20.9 Å². The molecule has 3 atom stereocenters. The highest BCUT2D eigenvalue weighted by molar-refractivity contribution is 6.55. The van der Waals surface area contributed by atoms with Crippen molar-refractivity contribution in [3.05, 3.63) is 12.7 Å². The number of carbonyl (C=O) groups is 1. The van der Waals surface area contributed by atoms with E-state index in [-0.39, 0.29) is 11.9 Å². The van der Waals surface area contributed by atoms with Crippen LogP contribution in [0.15, 0.2) is 12.7 Å². The Morgan fingerprint density at radius 1 is 1.37 bits per heavy atom. The van der Waals surface area contributed by atoms with E-state index in [1.807, 2.05) is 0 Å². The first-order valence-corrected chi connectivity index (χ1v) is 9.09. The van der Waals surface area contributed by atoms with Crippen molar-refractivity contribution in [1.82, 2.24) is 0 Å². The van der Waals surface area contributed by atoms with Gasteiger partial charge >= 0.3 is 0 Å². The number of hydrogen-bond acceptors (Lipinski definition) is 2. The minimum atomic E-state index is -0.843. The van der Waals surface area contributed by atoms with Crippen LogP contribution in [0, 0.1) is 11.8 Å². The first-order valence-electron chi connectivity index (χ1n) is 7.52. The van der Waals surface area contributed by atoms with Crippen molar-refractivity contribution in [3.63, 3.8) is 0 Å². The zero-order valence-corrected chi connectivity index (χ0v) is 14.1. The number of carbonyl (C=O) groups excluding carboxylic acids is 1. The van der Waals surface area contributed by atoms with Gasteiger partial charge in [-0.05, 0) is 29.3 Å². The predicted octanol–water partition coefficient (Wildman–Crippen LogP) is 4.37. The summed E-state index contributed by atoms with van der Waals surface area (Å²) in [5.41, 5.74) is 1.19. The van der Waals surface area contributed by atoms with Crippen molar-refractivity contribution >= 4 is 14.8 Å². The van der Waals surface area contributed by atoms with E-state index < -0.39 is 9.04 Å². The second-order valence-electron chi connectivity index (χ2n) is 6.48. The maximum absolute atomic E-state index is 11.9. The second-order valence-corrected chi connectivity index (χ2v) is 9.83. The third-order valence-corrected chi connectivity index (χ3v) is 6.73. The molecule has 0 unspecified atom stereocenters. The van der Waals surface area contributed by atoms with E-state index in [1.54, 1.807) is 6.08 Å². The average Bonchev–Trinajstić information content (AvgIpc) is 3.00. The molecule has 1 fully saturated rings. The van der Waals surface area contributed by atoms with E-state index in [0.717, 1.165) is 5.92 Å². The molecule has 0 aromatic carbocycles. The van der Waals surface area contributed by atoms with Gasteiger partial charge in [0.05, 0.1) is 6.10 Å². The molecule has 2 nitrogen and oxygen atoms in total. The smallest absolute Gasteiger partial charge is 0.217 e. The highest BCUT2D eigenvalue weighted by Gasteiger charge is 2.42. The Morgan fingerprint density at radius 3 is 2.26 bits per heavy atom. The van der Waals surface area contributed by atoms with E-state index in [9.17, 15) is 4.79 Å². The minimum absolute atomic E-state index is 0.154. The molecule has 0 saturated heterocycles. The van der Waals surface area contributed by atoms with Crippen molar-refractivity contribution in [3.8, 4) is 0 Å². The van der Waals surface area contributed by atoms with Gasteiger partial charge in [0.15, 0.2) is 0 Å². The fraction of sp³-hybridized carbons (Fsp3) is 0.812. The van der Waals surface area contributed by atoms with Gasteiger partial charge in [-0.25, -0.2) is 0 Å². The van der Waals surface area contributed by atoms with Crippen molar-refractivity contribution < 1.29 is 9.22 Å². The highest BCUT2D eigenvalue weighted by Crippen LogP contribution is 2.44. The van der Waals surface area contributed by atoms with Crippen LogP contribution < -0.4 is 0 Å². The van der Waals surface area contributed by atoms with Crippen molar-refractivity contribution in [2.75, 3.05) is 0 Å². The van der Waals surface area contributed by atoms with Gasteiger partial charge in [0.1, 0.15) is 5.78 Å². The van der Waals surface area contributed by atoms with Gasteiger partial charge in [-0.2, -0.15) is 0 Å². The van der Waals surface area contributed by atoms with Gasteiger partial charge in [-0.1, -0.05) is 40.7 Å². The SMILES string of the molecule is C=CCC(=O)C[C@@H](O[Si](C(C)C)C(C)C)[C@@H]1C[C@H]1C. The number of rotatable bonds is 9. The molecule has 109 valence electrons. The molecule has 0 aromatic rings. The Kier molecular flexibility index (Phi) is 6.47. The van der Waals surface area contributed by atoms with E-state index in [4.69, 9.17) is 4.43 Å². The molecule has 1 radical (unpaired) electrons. The molecular formula is C16H29O2Si. The standard InChI is InChI=1S/C16H29O2Si/c1-7-8-14(17)10-16(15-9-13(15)6)18-19(11(2)3)12(4)5/h7,11-13,15-16H,1,8-10H2,2-6H3/t13-,15-,16-/m1/s1. The summed E-state index contributed by atoms with van der Waals surface area (Å²) in [5.74, 6) is 1.60. The number of hydrogen-bond donors (Lipinski definition) is 0. The van der Waals surface area contributed by atoms with Gasteiger partial charge < -0.3 is 4.43 Å². The molecule has 3 heteroatoms. The summed E-state index contributed by atoms with van der Waals surface area (Å²) in [6.45, 7) is 14.9. The number of ketones is 1. The van der Waals surface area contributed by atoms with Crippen LogP contribution in [0.5, 0.6) is 0 Å². The molecule has 19 heavy (non-hydrogen) atoms. The van der Waals surface area contributed by atoms with Crippen molar-refractivity contribution in [2.45, 2.75) is 71.1 Å². The fourth-order valence-corrected chi connectivity index (χ4v) is 5.22. The van der Waals surface area contributed by atoms with Crippen LogP contribution in [0.2, 0.25) is 11.1 Å². The lowest BCUT2D eigenvalue weighted by atomic mass is 10.1. The van der Waals surface area contributed by atoms with Gasteiger partial charge in [-0.3, -0.25) is 4.79 Å². The molecule has 1 saturated carbocycles.